The Labute approximate surface area is 221 Å². The lowest BCUT2D eigenvalue weighted by Gasteiger charge is -2.40. The van der Waals surface area contributed by atoms with E-state index in [0.29, 0.717) is 26.1 Å². The van der Waals surface area contributed by atoms with Gasteiger partial charge in [-0.3, -0.25) is 4.79 Å². The van der Waals surface area contributed by atoms with E-state index in [9.17, 15) is 9.90 Å². The van der Waals surface area contributed by atoms with Crippen molar-refractivity contribution in [1.82, 2.24) is 0 Å². The largest absolute Gasteiger partial charge is 0.469 e. The second-order valence-corrected chi connectivity index (χ2v) is 17.1. The fraction of sp³-hybridized carbons (Fsp3) is 0.897. The van der Waals surface area contributed by atoms with E-state index in [-0.39, 0.29) is 35.1 Å². The van der Waals surface area contributed by atoms with Crippen molar-refractivity contribution in [2.24, 2.45) is 11.8 Å². The molecule has 4 atom stereocenters. The molecule has 0 spiro atoms. The van der Waals surface area contributed by atoms with Gasteiger partial charge in [-0.25, -0.2) is 0 Å². The molecule has 1 unspecified atom stereocenters. The number of hydrogen-bond donors (Lipinski definition) is 1. The maximum absolute atomic E-state index is 11.3. The zero-order chi connectivity index (χ0) is 26.8. The van der Waals surface area contributed by atoms with Gasteiger partial charge in [0.05, 0.1) is 32.5 Å². The topological polar surface area (TPSA) is 74.2 Å². The number of aliphatic hydroxyl groups excluding tert-OH is 1. The molecule has 0 aromatic heterocycles. The SMILES string of the molecule is CCCCCC1(CC[C@H]2C(O[Si](C)(C)C(C)(C)C)C[C@H](O)[C@@H]2CC=CCCCC(=O)OC)OCCO1. The minimum atomic E-state index is -1.97. The van der Waals surface area contributed by atoms with Crippen LogP contribution in [-0.4, -0.2) is 57.7 Å². The predicted molar refractivity (Wildman–Crippen MR) is 147 cm³/mol. The van der Waals surface area contributed by atoms with Gasteiger partial charge in [0.25, 0.3) is 0 Å². The van der Waals surface area contributed by atoms with Gasteiger partial charge in [0.15, 0.2) is 14.1 Å². The van der Waals surface area contributed by atoms with Crippen molar-refractivity contribution in [3.05, 3.63) is 12.2 Å². The highest BCUT2D eigenvalue weighted by Gasteiger charge is 2.48. The van der Waals surface area contributed by atoms with Crippen LogP contribution < -0.4 is 0 Å². The zero-order valence-corrected chi connectivity index (χ0v) is 25.1. The number of carbonyl (C=O) groups is 1. The first kappa shape index (κ1) is 31.5. The van der Waals surface area contributed by atoms with Crippen LogP contribution in [0.5, 0.6) is 0 Å². The number of carbonyl (C=O) groups excluding carboxylic acids is 1. The number of esters is 1. The Kier molecular flexibility index (Phi) is 12.6. The fourth-order valence-corrected chi connectivity index (χ4v) is 6.73. The monoisotopic (exact) mass is 526 g/mol. The number of rotatable bonds is 15. The quantitative estimate of drug-likeness (QED) is 0.110. The molecule has 0 bridgehead atoms. The minimum absolute atomic E-state index is 0.0627. The Morgan fingerprint density at radius 3 is 2.39 bits per heavy atom. The lowest BCUT2D eigenvalue weighted by molar-refractivity contribution is -0.171. The molecule has 0 radical (unpaired) electrons. The molecule has 0 aromatic carbocycles. The molecule has 2 fully saturated rings. The van der Waals surface area contributed by atoms with Crippen LogP contribution in [0.25, 0.3) is 0 Å². The van der Waals surface area contributed by atoms with Crippen molar-refractivity contribution in [3.63, 3.8) is 0 Å². The van der Waals surface area contributed by atoms with Crippen LogP contribution >= 0.6 is 0 Å². The molecule has 1 saturated heterocycles. The Balaban J connectivity index is 2.10. The Hall–Kier alpha value is -0.733. The highest BCUT2D eigenvalue weighted by molar-refractivity contribution is 6.74. The summed E-state index contributed by atoms with van der Waals surface area (Å²) in [6, 6.07) is 0. The molecule has 210 valence electrons. The summed E-state index contributed by atoms with van der Waals surface area (Å²) in [5, 5.41) is 11.3. The number of aliphatic hydroxyl groups is 1. The molecule has 1 aliphatic heterocycles. The summed E-state index contributed by atoms with van der Waals surface area (Å²) in [4.78, 5) is 11.3. The van der Waals surface area contributed by atoms with E-state index in [4.69, 9.17) is 18.6 Å². The zero-order valence-electron chi connectivity index (χ0n) is 24.1. The first-order valence-corrected chi connectivity index (χ1v) is 17.2. The number of allylic oxidation sites excluding steroid dienone is 2. The van der Waals surface area contributed by atoms with Crippen molar-refractivity contribution in [1.29, 1.82) is 0 Å². The van der Waals surface area contributed by atoms with Crippen LogP contribution in [0.2, 0.25) is 18.1 Å². The molecule has 1 saturated carbocycles. The lowest BCUT2D eigenvalue weighted by atomic mass is 9.85. The summed E-state index contributed by atoms with van der Waals surface area (Å²) in [6.45, 7) is 15.0. The van der Waals surface area contributed by atoms with Gasteiger partial charge < -0.3 is 23.7 Å². The van der Waals surface area contributed by atoms with Crippen LogP contribution in [-0.2, 0) is 23.4 Å². The van der Waals surface area contributed by atoms with Crippen molar-refractivity contribution in [3.8, 4) is 0 Å². The Bertz CT molecular complexity index is 680. The third-order valence-corrected chi connectivity index (χ3v) is 13.1. The molecular weight excluding hydrogens is 472 g/mol. The van der Waals surface area contributed by atoms with E-state index >= 15 is 0 Å². The van der Waals surface area contributed by atoms with Crippen LogP contribution in [0, 0.1) is 11.8 Å². The minimum Gasteiger partial charge on any atom is -0.469 e. The molecule has 36 heavy (non-hydrogen) atoms. The summed E-state index contributed by atoms with van der Waals surface area (Å²) in [5.41, 5.74) is 0. The first-order chi connectivity index (χ1) is 16.9. The van der Waals surface area contributed by atoms with Crippen molar-refractivity contribution >= 4 is 14.3 Å². The standard InChI is InChI=1S/C29H54O6Si/c1-8-9-14-18-29(33-20-21-34-29)19-17-24-23(15-12-10-11-13-16-27(31)32-5)25(30)22-26(24)35-36(6,7)28(2,3)4/h10,12,23-26,30H,8-9,11,13-22H2,1-7H3/t23-,24-,25+,26?/m1/s1. The lowest BCUT2D eigenvalue weighted by Crippen LogP contribution is -2.45. The second-order valence-electron chi connectivity index (χ2n) is 12.3. The molecule has 2 aliphatic rings. The average Bonchev–Trinajstić information content (AvgIpc) is 3.38. The second kappa shape index (κ2) is 14.4. The van der Waals surface area contributed by atoms with E-state index in [1.807, 2.05) is 0 Å². The number of ether oxygens (including phenoxy) is 3. The van der Waals surface area contributed by atoms with Crippen LogP contribution in [0.15, 0.2) is 12.2 Å². The van der Waals surface area contributed by atoms with E-state index in [1.165, 1.54) is 20.0 Å². The third-order valence-electron chi connectivity index (χ3n) is 8.64. The predicted octanol–water partition coefficient (Wildman–Crippen LogP) is 6.77. The maximum atomic E-state index is 11.3. The maximum Gasteiger partial charge on any atom is 0.305 e. The fourth-order valence-electron chi connectivity index (χ4n) is 5.35. The van der Waals surface area contributed by atoms with Gasteiger partial charge in [-0.15, -0.1) is 0 Å². The van der Waals surface area contributed by atoms with Gasteiger partial charge >= 0.3 is 5.97 Å². The number of hydrogen-bond acceptors (Lipinski definition) is 6. The number of methoxy groups -OCH3 is 1. The van der Waals surface area contributed by atoms with Crippen molar-refractivity contribution < 1.29 is 28.5 Å². The molecule has 6 nitrogen and oxygen atoms in total. The van der Waals surface area contributed by atoms with Crippen molar-refractivity contribution in [2.75, 3.05) is 20.3 Å². The normalized spacial score (nSPS) is 26.7. The molecule has 1 aliphatic carbocycles. The molecule has 1 heterocycles. The molecule has 2 rings (SSSR count). The van der Waals surface area contributed by atoms with Gasteiger partial charge in [0.2, 0.25) is 0 Å². The third kappa shape index (κ3) is 9.23. The van der Waals surface area contributed by atoms with Crippen LogP contribution in [0.3, 0.4) is 0 Å². The molecule has 0 amide bonds. The highest BCUT2D eigenvalue weighted by atomic mass is 28.4. The molecule has 0 aromatic rings. The molecule has 7 heteroatoms. The van der Waals surface area contributed by atoms with Gasteiger partial charge in [-0.05, 0) is 68.5 Å². The Morgan fingerprint density at radius 2 is 1.78 bits per heavy atom. The van der Waals surface area contributed by atoms with Crippen molar-refractivity contribution in [2.45, 2.75) is 134 Å². The molecule has 1 N–H and O–H groups in total. The smallest absolute Gasteiger partial charge is 0.305 e. The highest BCUT2D eigenvalue weighted by Crippen LogP contribution is 2.46. The first-order valence-electron chi connectivity index (χ1n) is 14.3. The van der Waals surface area contributed by atoms with E-state index in [1.54, 1.807) is 0 Å². The average molecular weight is 527 g/mol. The van der Waals surface area contributed by atoms with Gasteiger partial charge in [0.1, 0.15) is 0 Å². The van der Waals surface area contributed by atoms with Gasteiger partial charge in [-0.1, -0.05) is 52.7 Å². The van der Waals surface area contributed by atoms with Gasteiger partial charge in [-0.2, -0.15) is 0 Å². The van der Waals surface area contributed by atoms with E-state index < -0.39 is 14.1 Å². The van der Waals surface area contributed by atoms with Crippen LogP contribution in [0.4, 0.5) is 0 Å². The van der Waals surface area contributed by atoms with E-state index in [2.05, 4.69) is 52.9 Å². The summed E-state index contributed by atoms with van der Waals surface area (Å²) < 4.78 is 24.0. The molecular formula is C29H54O6Si. The number of unbranched alkanes of at least 4 members (excludes halogenated alkanes) is 3. The van der Waals surface area contributed by atoms with E-state index in [0.717, 1.165) is 44.9 Å². The van der Waals surface area contributed by atoms with Crippen LogP contribution in [0.1, 0.15) is 98.3 Å². The summed E-state index contributed by atoms with van der Waals surface area (Å²) in [7, 11) is -0.547. The Morgan fingerprint density at radius 1 is 1.08 bits per heavy atom. The summed E-state index contributed by atoms with van der Waals surface area (Å²) in [6.07, 6.45) is 13.8. The summed E-state index contributed by atoms with van der Waals surface area (Å²) >= 11 is 0. The van der Waals surface area contributed by atoms with Gasteiger partial charge in [0, 0.05) is 19.3 Å². The summed E-state index contributed by atoms with van der Waals surface area (Å²) in [5.74, 6) is -0.210.